The SMILES string of the molecule is Cc1ccc(C(=O)O)cc1NC(=O)CSC1NC(=O)CC(N)N1. The second kappa shape index (κ2) is 7.44. The van der Waals surface area contributed by atoms with Gasteiger partial charge in [-0.15, -0.1) is 11.8 Å². The van der Waals surface area contributed by atoms with E-state index >= 15 is 0 Å². The van der Waals surface area contributed by atoms with E-state index in [2.05, 4.69) is 16.0 Å². The summed E-state index contributed by atoms with van der Waals surface area (Å²) in [5, 5.41) is 17.3. The lowest BCUT2D eigenvalue weighted by Crippen LogP contribution is -2.58. The van der Waals surface area contributed by atoms with Gasteiger partial charge in [0, 0.05) is 5.69 Å². The third-order valence-corrected chi connectivity index (χ3v) is 4.22. The molecule has 0 spiro atoms. The molecule has 2 rings (SSSR count). The third-order valence-electron chi connectivity index (χ3n) is 3.20. The summed E-state index contributed by atoms with van der Waals surface area (Å²) < 4.78 is 0. The summed E-state index contributed by atoms with van der Waals surface area (Å²) in [5.74, 6) is -1.44. The van der Waals surface area contributed by atoms with E-state index in [0.29, 0.717) is 5.69 Å². The number of aryl methyl sites for hydroxylation is 1. The van der Waals surface area contributed by atoms with Crippen LogP contribution in [0.15, 0.2) is 18.2 Å². The topological polar surface area (TPSA) is 134 Å². The number of carbonyl (C=O) groups is 3. The number of carboxylic acids is 1. The first kappa shape index (κ1) is 17.3. The van der Waals surface area contributed by atoms with Crippen molar-refractivity contribution in [3.63, 3.8) is 0 Å². The van der Waals surface area contributed by atoms with Crippen LogP contribution in [-0.4, -0.2) is 40.3 Å². The maximum absolute atomic E-state index is 12.0. The number of amides is 2. The molecule has 124 valence electrons. The molecule has 0 bridgehead atoms. The fourth-order valence-corrected chi connectivity index (χ4v) is 2.90. The van der Waals surface area contributed by atoms with Gasteiger partial charge in [-0.1, -0.05) is 6.07 Å². The number of anilines is 1. The van der Waals surface area contributed by atoms with E-state index in [0.717, 1.165) is 5.56 Å². The summed E-state index contributed by atoms with van der Waals surface area (Å²) in [6.45, 7) is 1.77. The van der Waals surface area contributed by atoms with Crippen molar-refractivity contribution in [2.45, 2.75) is 25.0 Å². The normalized spacial score (nSPS) is 20.7. The minimum absolute atomic E-state index is 0.0847. The van der Waals surface area contributed by atoms with Crippen LogP contribution in [0, 0.1) is 6.92 Å². The maximum atomic E-state index is 12.0. The van der Waals surface area contributed by atoms with Crippen LogP contribution in [0.5, 0.6) is 0 Å². The van der Waals surface area contributed by atoms with Crippen LogP contribution >= 0.6 is 11.8 Å². The van der Waals surface area contributed by atoms with Crippen LogP contribution in [0.1, 0.15) is 22.3 Å². The summed E-state index contributed by atoms with van der Waals surface area (Å²) in [4.78, 5) is 34.3. The third kappa shape index (κ3) is 4.95. The van der Waals surface area contributed by atoms with Crippen molar-refractivity contribution in [2.75, 3.05) is 11.1 Å². The van der Waals surface area contributed by atoms with E-state index in [1.165, 1.54) is 23.9 Å². The van der Waals surface area contributed by atoms with E-state index in [-0.39, 0.29) is 29.6 Å². The summed E-state index contributed by atoms with van der Waals surface area (Å²) in [6.07, 6.45) is -0.233. The molecule has 1 aliphatic heterocycles. The molecule has 0 radical (unpaired) electrons. The van der Waals surface area contributed by atoms with Gasteiger partial charge in [-0.2, -0.15) is 0 Å². The number of carbonyl (C=O) groups excluding carboxylic acids is 2. The van der Waals surface area contributed by atoms with E-state index in [1.807, 2.05) is 0 Å². The zero-order valence-electron chi connectivity index (χ0n) is 12.5. The Morgan fingerprint density at radius 1 is 1.48 bits per heavy atom. The van der Waals surface area contributed by atoms with Crippen molar-refractivity contribution < 1.29 is 19.5 Å². The lowest BCUT2D eigenvalue weighted by atomic mass is 10.1. The highest BCUT2D eigenvalue weighted by atomic mass is 32.2. The largest absolute Gasteiger partial charge is 0.478 e. The molecular formula is C14H18N4O4S. The number of thioether (sulfide) groups is 1. The molecule has 0 aromatic heterocycles. The number of carboxylic acid groups (broad SMARTS) is 1. The van der Waals surface area contributed by atoms with Crippen molar-refractivity contribution in [2.24, 2.45) is 5.73 Å². The van der Waals surface area contributed by atoms with E-state index in [1.54, 1.807) is 13.0 Å². The smallest absolute Gasteiger partial charge is 0.335 e. The lowest BCUT2D eigenvalue weighted by Gasteiger charge is -2.28. The molecule has 8 nitrogen and oxygen atoms in total. The number of aromatic carboxylic acids is 1. The van der Waals surface area contributed by atoms with Crippen molar-refractivity contribution in [3.05, 3.63) is 29.3 Å². The Balaban J connectivity index is 1.91. The molecule has 23 heavy (non-hydrogen) atoms. The zero-order valence-corrected chi connectivity index (χ0v) is 13.3. The number of benzene rings is 1. The molecule has 1 aromatic carbocycles. The first-order chi connectivity index (χ1) is 10.8. The second-order valence-electron chi connectivity index (χ2n) is 5.12. The zero-order chi connectivity index (χ0) is 17.0. The Labute approximate surface area is 137 Å². The van der Waals surface area contributed by atoms with Crippen LogP contribution in [0.4, 0.5) is 5.69 Å². The lowest BCUT2D eigenvalue weighted by molar-refractivity contribution is -0.123. The summed E-state index contributed by atoms with van der Waals surface area (Å²) in [5.41, 5.74) is 6.56. The average Bonchev–Trinajstić information content (AvgIpc) is 2.46. The van der Waals surface area contributed by atoms with Gasteiger partial charge in [-0.3, -0.25) is 14.9 Å². The standard InChI is InChI=1S/C14H18N4O4S/c1-7-2-3-8(13(21)22)4-9(7)16-12(20)6-23-14-17-10(15)5-11(19)18-14/h2-4,10,14,17H,5-6,15H2,1H3,(H,16,20)(H,18,19)(H,21,22). The highest BCUT2D eigenvalue weighted by Crippen LogP contribution is 2.18. The Hall–Kier alpha value is -2.10. The van der Waals surface area contributed by atoms with Gasteiger partial charge in [0.2, 0.25) is 11.8 Å². The minimum atomic E-state index is -1.06. The molecular weight excluding hydrogens is 320 g/mol. The van der Waals surface area contributed by atoms with Gasteiger partial charge >= 0.3 is 5.97 Å². The highest BCUT2D eigenvalue weighted by molar-refractivity contribution is 8.00. The number of nitrogens with two attached hydrogens (primary N) is 1. The van der Waals surface area contributed by atoms with Crippen LogP contribution in [0.25, 0.3) is 0 Å². The molecule has 2 atom stereocenters. The minimum Gasteiger partial charge on any atom is -0.478 e. The van der Waals surface area contributed by atoms with Gasteiger partial charge in [-0.05, 0) is 24.6 Å². The van der Waals surface area contributed by atoms with Crippen LogP contribution in [0.3, 0.4) is 0 Å². The quantitative estimate of drug-likeness (QED) is 0.512. The predicted octanol–water partition coefficient (Wildman–Crippen LogP) is 0.0428. The molecule has 1 heterocycles. The van der Waals surface area contributed by atoms with E-state index < -0.39 is 17.6 Å². The van der Waals surface area contributed by atoms with Crippen molar-refractivity contribution in [3.8, 4) is 0 Å². The van der Waals surface area contributed by atoms with Gasteiger partial charge in [-0.25, -0.2) is 4.79 Å². The van der Waals surface area contributed by atoms with Crippen molar-refractivity contribution in [1.29, 1.82) is 0 Å². The average molecular weight is 338 g/mol. The molecule has 0 saturated carbocycles. The maximum Gasteiger partial charge on any atom is 0.335 e. The summed E-state index contributed by atoms with van der Waals surface area (Å²) >= 11 is 1.20. The molecule has 1 fully saturated rings. The number of hydrogen-bond donors (Lipinski definition) is 5. The molecule has 6 N–H and O–H groups in total. The number of nitrogens with one attached hydrogen (secondary N) is 3. The summed E-state index contributed by atoms with van der Waals surface area (Å²) in [6, 6.07) is 4.52. The van der Waals surface area contributed by atoms with Gasteiger partial charge in [0.15, 0.2) is 0 Å². The van der Waals surface area contributed by atoms with Crippen LogP contribution in [0.2, 0.25) is 0 Å². The summed E-state index contributed by atoms with van der Waals surface area (Å²) in [7, 11) is 0. The van der Waals surface area contributed by atoms with Crippen molar-refractivity contribution >= 4 is 35.2 Å². The van der Waals surface area contributed by atoms with E-state index in [9.17, 15) is 14.4 Å². The fraction of sp³-hybridized carbons (Fsp3) is 0.357. The molecule has 1 saturated heterocycles. The van der Waals surface area contributed by atoms with Gasteiger partial charge in [0.05, 0.1) is 23.9 Å². The molecule has 0 aliphatic carbocycles. The number of rotatable bonds is 5. The van der Waals surface area contributed by atoms with Gasteiger partial charge < -0.3 is 21.5 Å². The molecule has 2 unspecified atom stereocenters. The molecule has 1 aliphatic rings. The Morgan fingerprint density at radius 2 is 2.22 bits per heavy atom. The Morgan fingerprint density at radius 3 is 2.87 bits per heavy atom. The first-order valence-corrected chi connectivity index (χ1v) is 7.96. The second-order valence-corrected chi connectivity index (χ2v) is 6.21. The predicted molar refractivity (Wildman–Crippen MR) is 86.9 cm³/mol. The Kier molecular flexibility index (Phi) is 5.59. The van der Waals surface area contributed by atoms with Crippen molar-refractivity contribution in [1.82, 2.24) is 10.6 Å². The fourth-order valence-electron chi connectivity index (χ4n) is 2.02. The highest BCUT2D eigenvalue weighted by Gasteiger charge is 2.23. The first-order valence-electron chi connectivity index (χ1n) is 6.91. The van der Waals surface area contributed by atoms with Gasteiger partial charge in [0.1, 0.15) is 5.50 Å². The number of hydrogen-bond acceptors (Lipinski definition) is 6. The van der Waals surface area contributed by atoms with E-state index in [4.69, 9.17) is 10.8 Å². The van der Waals surface area contributed by atoms with Gasteiger partial charge in [0.25, 0.3) is 0 Å². The van der Waals surface area contributed by atoms with Crippen LogP contribution < -0.4 is 21.7 Å². The molecule has 9 heteroatoms. The molecule has 2 amide bonds. The Bertz CT molecular complexity index is 637. The monoisotopic (exact) mass is 338 g/mol. The van der Waals surface area contributed by atoms with Crippen LogP contribution in [-0.2, 0) is 9.59 Å². The molecule has 1 aromatic rings.